The predicted octanol–water partition coefficient (Wildman–Crippen LogP) is 8.07. The molecule has 0 radical (unpaired) electrons. The highest BCUT2D eigenvalue weighted by Gasteiger charge is 2.57. The van der Waals surface area contributed by atoms with Gasteiger partial charge in [0.2, 0.25) is 0 Å². The molecule has 6 rings (SSSR count). The third-order valence-electron chi connectivity index (χ3n) is 11.8. The van der Waals surface area contributed by atoms with Crippen LogP contribution in [0.2, 0.25) is 0 Å². The summed E-state index contributed by atoms with van der Waals surface area (Å²) in [6.07, 6.45) is 12.3. The second kappa shape index (κ2) is 16.7. The minimum atomic E-state index is -1.19. The first-order chi connectivity index (χ1) is 23.6. The highest BCUT2D eigenvalue weighted by molar-refractivity contribution is 5.99. The standard InChI is InChI=1S/C41H58N2O6/c1-29-10-8-22-40(2)37(35-20-14-30(26-33(44)17-13-29)27-36(35)38(45)31-11-6-5-7-12-31)21-23-41(40,47)28-43(24-9-25-48-3)39(46)42-32-15-18-34(49-4)19-16-32/h10,14-16,18-20,27,31,33,37,44,47H,5-9,11-13,17,21-26,28H2,1-4H3,(H,42,46)/t33-,37-,40-,41+/m0/s1. The molecule has 4 aliphatic carbocycles. The maximum absolute atomic E-state index is 14.3. The topological polar surface area (TPSA) is 108 Å². The zero-order valence-electron chi connectivity index (χ0n) is 30.1. The lowest BCUT2D eigenvalue weighted by Crippen LogP contribution is -2.54. The zero-order chi connectivity index (χ0) is 35.0. The maximum Gasteiger partial charge on any atom is 0.321 e. The number of urea groups is 1. The quantitative estimate of drug-likeness (QED) is 0.134. The van der Waals surface area contributed by atoms with Crippen molar-refractivity contribution in [3.05, 3.63) is 70.8 Å². The fourth-order valence-electron chi connectivity index (χ4n) is 8.64. The van der Waals surface area contributed by atoms with E-state index in [0.717, 1.165) is 55.2 Å². The first kappa shape index (κ1) is 37.1. The minimum absolute atomic E-state index is 0.0154. The number of fused-ring (bicyclic) bond motifs is 8. The number of carbonyl (C=O) groups is 2. The van der Waals surface area contributed by atoms with Crippen molar-refractivity contribution in [3.8, 4) is 5.75 Å². The van der Waals surface area contributed by atoms with Gasteiger partial charge in [-0.05, 0) is 119 Å². The summed E-state index contributed by atoms with van der Waals surface area (Å²) >= 11 is 0. The summed E-state index contributed by atoms with van der Waals surface area (Å²) in [6, 6.07) is 13.2. The van der Waals surface area contributed by atoms with Gasteiger partial charge in [0.25, 0.3) is 0 Å². The van der Waals surface area contributed by atoms with Crippen LogP contribution in [0.5, 0.6) is 5.75 Å². The van der Waals surface area contributed by atoms with E-state index in [4.69, 9.17) is 9.47 Å². The average molecular weight is 675 g/mol. The van der Waals surface area contributed by atoms with E-state index in [1.165, 1.54) is 12.0 Å². The molecular weight excluding hydrogens is 616 g/mol. The summed E-state index contributed by atoms with van der Waals surface area (Å²) < 4.78 is 10.6. The average Bonchev–Trinajstić information content (AvgIpc) is 3.36. The molecule has 0 saturated heterocycles. The fourth-order valence-corrected chi connectivity index (χ4v) is 8.64. The molecular formula is C41H58N2O6. The van der Waals surface area contributed by atoms with Gasteiger partial charge in [-0.15, -0.1) is 0 Å². The Kier molecular flexibility index (Phi) is 12.6. The highest BCUT2D eigenvalue weighted by atomic mass is 16.5. The van der Waals surface area contributed by atoms with Gasteiger partial charge in [-0.2, -0.15) is 0 Å². The van der Waals surface area contributed by atoms with Crippen LogP contribution >= 0.6 is 0 Å². The van der Waals surface area contributed by atoms with Crippen molar-refractivity contribution >= 4 is 17.5 Å². The molecule has 0 unspecified atom stereocenters. The summed E-state index contributed by atoms with van der Waals surface area (Å²) in [5, 5.41) is 26.9. The number of benzene rings is 2. The third kappa shape index (κ3) is 8.76. The molecule has 2 aromatic rings. The van der Waals surface area contributed by atoms with E-state index < -0.39 is 17.1 Å². The summed E-state index contributed by atoms with van der Waals surface area (Å²) in [7, 11) is 3.26. The molecule has 4 atom stereocenters. The van der Waals surface area contributed by atoms with Crippen LogP contribution in [0.3, 0.4) is 0 Å². The van der Waals surface area contributed by atoms with Crippen LogP contribution in [0.1, 0.15) is 118 Å². The van der Waals surface area contributed by atoms with Crippen molar-refractivity contribution in [1.82, 2.24) is 4.90 Å². The number of ketones is 1. The van der Waals surface area contributed by atoms with Crippen molar-refractivity contribution in [2.24, 2.45) is 11.3 Å². The van der Waals surface area contributed by atoms with Gasteiger partial charge in [0.05, 0.1) is 25.4 Å². The number of rotatable bonds is 10. The largest absolute Gasteiger partial charge is 0.497 e. The molecule has 0 aliphatic heterocycles. The zero-order valence-corrected chi connectivity index (χ0v) is 30.1. The van der Waals surface area contributed by atoms with Gasteiger partial charge in [-0.3, -0.25) is 4.79 Å². The maximum atomic E-state index is 14.3. The summed E-state index contributed by atoms with van der Waals surface area (Å²) in [5.74, 6) is 0.868. The summed E-state index contributed by atoms with van der Waals surface area (Å²) in [5.41, 5.74) is 2.86. The Bertz CT molecular complexity index is 1450. The van der Waals surface area contributed by atoms with Gasteiger partial charge in [0.1, 0.15) is 5.75 Å². The third-order valence-corrected chi connectivity index (χ3v) is 11.8. The smallest absolute Gasteiger partial charge is 0.321 e. The molecule has 2 saturated carbocycles. The van der Waals surface area contributed by atoms with Gasteiger partial charge in [-0.1, -0.05) is 50.0 Å². The second-order valence-electron chi connectivity index (χ2n) is 15.1. The van der Waals surface area contributed by atoms with Gasteiger partial charge in [0, 0.05) is 42.8 Å². The number of ether oxygens (including phenoxy) is 2. The van der Waals surface area contributed by atoms with E-state index in [2.05, 4.69) is 43.4 Å². The monoisotopic (exact) mass is 674 g/mol. The van der Waals surface area contributed by atoms with E-state index in [0.29, 0.717) is 63.1 Å². The Morgan fingerprint density at radius 3 is 2.47 bits per heavy atom. The molecule has 0 aromatic heterocycles. The van der Waals surface area contributed by atoms with Crippen LogP contribution in [0.25, 0.3) is 0 Å². The first-order valence-electron chi connectivity index (χ1n) is 18.5. The normalized spacial score (nSPS) is 26.4. The molecule has 2 bridgehead atoms. The lowest BCUT2D eigenvalue weighted by atomic mass is 9.64. The SMILES string of the molecule is COCCCN(C[C@]1(O)CC[C@H]2c3ccc(cc3C(=O)C3CCCCC3)C[C@@H](O)CCC(C)=CCC[C@@]21C)C(=O)Nc1ccc(OC)cc1. The second-order valence-corrected chi connectivity index (χ2v) is 15.1. The summed E-state index contributed by atoms with van der Waals surface area (Å²) in [4.78, 5) is 30.0. The lowest BCUT2D eigenvalue weighted by molar-refractivity contribution is -0.0767. The number of allylic oxidation sites excluding steroid dienone is 2. The number of hydrogen-bond donors (Lipinski definition) is 3. The number of hydrogen-bond acceptors (Lipinski definition) is 6. The Labute approximate surface area is 293 Å². The number of carbonyl (C=O) groups excluding carboxylic acids is 2. The highest BCUT2D eigenvalue weighted by Crippen LogP contribution is 2.59. The number of methoxy groups -OCH3 is 2. The molecule has 4 aliphatic rings. The molecule has 0 spiro atoms. The number of nitrogens with one attached hydrogen (secondary N) is 1. The van der Waals surface area contributed by atoms with Crippen LogP contribution < -0.4 is 10.1 Å². The van der Waals surface area contributed by atoms with E-state index in [-0.39, 0.29) is 30.2 Å². The number of aliphatic hydroxyl groups is 2. The molecule has 268 valence electrons. The van der Waals surface area contributed by atoms with Crippen molar-refractivity contribution < 1.29 is 29.3 Å². The molecule has 0 heterocycles. The van der Waals surface area contributed by atoms with E-state index in [1.807, 2.05) is 24.3 Å². The fraction of sp³-hybridized carbons (Fsp3) is 0.610. The number of anilines is 1. The first-order valence-corrected chi connectivity index (χ1v) is 18.5. The minimum Gasteiger partial charge on any atom is -0.497 e. The van der Waals surface area contributed by atoms with E-state index >= 15 is 0 Å². The molecule has 2 aromatic carbocycles. The number of nitrogens with zero attached hydrogens (tertiary/aromatic N) is 1. The molecule has 8 nitrogen and oxygen atoms in total. The molecule has 3 N–H and O–H groups in total. The van der Waals surface area contributed by atoms with Crippen LogP contribution in [-0.4, -0.2) is 72.5 Å². The van der Waals surface area contributed by atoms with Gasteiger partial charge >= 0.3 is 6.03 Å². The Balaban J connectivity index is 1.51. The van der Waals surface area contributed by atoms with Crippen LogP contribution in [0, 0.1) is 11.3 Å². The number of Topliss-reactive ketones (excluding diaryl/α,β-unsaturated/α-hetero) is 1. The number of amides is 2. The van der Waals surface area contributed by atoms with Crippen molar-refractivity contribution in [1.29, 1.82) is 0 Å². The van der Waals surface area contributed by atoms with Crippen LogP contribution in [0.15, 0.2) is 54.1 Å². The van der Waals surface area contributed by atoms with Gasteiger partial charge in [-0.25, -0.2) is 4.79 Å². The van der Waals surface area contributed by atoms with Gasteiger partial charge < -0.3 is 29.9 Å². The van der Waals surface area contributed by atoms with E-state index in [9.17, 15) is 19.8 Å². The van der Waals surface area contributed by atoms with E-state index in [1.54, 1.807) is 19.1 Å². The van der Waals surface area contributed by atoms with Gasteiger partial charge in [0.15, 0.2) is 5.78 Å². The Hall–Kier alpha value is -3.20. The molecule has 8 heteroatoms. The van der Waals surface area contributed by atoms with Crippen LogP contribution in [0.4, 0.5) is 10.5 Å². The molecule has 2 amide bonds. The summed E-state index contributed by atoms with van der Waals surface area (Å²) in [6.45, 7) is 5.41. The lowest BCUT2D eigenvalue weighted by Gasteiger charge is -2.46. The molecule has 2 fully saturated rings. The molecule has 49 heavy (non-hydrogen) atoms. The Morgan fingerprint density at radius 2 is 1.76 bits per heavy atom. The van der Waals surface area contributed by atoms with Crippen molar-refractivity contribution in [2.75, 3.05) is 39.2 Å². The Morgan fingerprint density at radius 1 is 1.00 bits per heavy atom. The van der Waals surface area contributed by atoms with Crippen molar-refractivity contribution in [3.63, 3.8) is 0 Å². The van der Waals surface area contributed by atoms with Crippen LogP contribution in [-0.2, 0) is 11.2 Å². The number of aliphatic hydroxyl groups excluding tert-OH is 1. The van der Waals surface area contributed by atoms with Crippen molar-refractivity contribution in [2.45, 2.75) is 115 Å². The predicted molar refractivity (Wildman–Crippen MR) is 194 cm³/mol.